The van der Waals surface area contributed by atoms with Crippen molar-refractivity contribution in [3.8, 4) is 0 Å². The van der Waals surface area contributed by atoms with Gasteiger partial charge in [-0.05, 0) is 30.5 Å². The van der Waals surface area contributed by atoms with Crippen molar-refractivity contribution in [3.05, 3.63) is 30.1 Å². The van der Waals surface area contributed by atoms with E-state index < -0.39 is 0 Å². The van der Waals surface area contributed by atoms with Crippen molar-refractivity contribution in [2.75, 3.05) is 0 Å². The lowest BCUT2D eigenvalue weighted by atomic mass is 10.1. The molecule has 1 aliphatic heterocycles. The summed E-state index contributed by atoms with van der Waals surface area (Å²) in [4.78, 5) is 22.9. The van der Waals surface area contributed by atoms with Gasteiger partial charge >= 0.3 is 0 Å². The average Bonchev–Trinajstić information content (AvgIpc) is 2.71. The van der Waals surface area contributed by atoms with Gasteiger partial charge in [0.25, 0.3) is 0 Å². The number of hydrogen-bond acceptors (Lipinski definition) is 2. The van der Waals surface area contributed by atoms with Gasteiger partial charge in [-0.15, -0.1) is 0 Å². The molecule has 2 rings (SSSR count). The molecule has 1 aromatic heterocycles. The number of piperidine rings is 1. The fraction of sp³-hybridized carbons (Fsp3) is 0.385. The van der Waals surface area contributed by atoms with Crippen LogP contribution in [0.5, 0.6) is 0 Å². The Balaban J connectivity index is 2.34. The molecule has 17 heavy (non-hydrogen) atoms. The summed E-state index contributed by atoms with van der Waals surface area (Å²) in [5, 5.41) is 2.37. The number of aryl methyl sites for hydroxylation is 1. The van der Waals surface area contributed by atoms with Gasteiger partial charge in [0.15, 0.2) is 0 Å². The first-order chi connectivity index (χ1) is 8.17. The third-order valence-electron chi connectivity index (χ3n) is 3.16. The van der Waals surface area contributed by atoms with Gasteiger partial charge in [0.2, 0.25) is 11.8 Å². The van der Waals surface area contributed by atoms with Crippen LogP contribution in [0.1, 0.15) is 37.1 Å². The predicted molar refractivity (Wildman–Crippen MR) is 65.3 cm³/mol. The Kier molecular flexibility index (Phi) is 3.13. The Bertz CT molecular complexity index is 474. The van der Waals surface area contributed by atoms with Gasteiger partial charge in [-0.3, -0.25) is 14.9 Å². The van der Waals surface area contributed by atoms with E-state index in [9.17, 15) is 9.59 Å². The summed E-state index contributed by atoms with van der Waals surface area (Å²) in [5.41, 5.74) is 2.15. The monoisotopic (exact) mass is 232 g/mol. The quantitative estimate of drug-likeness (QED) is 0.806. The minimum atomic E-state index is -0.291. The molecular weight excluding hydrogens is 216 g/mol. The predicted octanol–water partition coefficient (Wildman–Crippen LogP) is 1.67. The van der Waals surface area contributed by atoms with Crippen molar-refractivity contribution in [1.82, 2.24) is 9.88 Å². The molecule has 0 spiro atoms. The van der Waals surface area contributed by atoms with Gasteiger partial charge < -0.3 is 4.57 Å². The highest BCUT2D eigenvalue weighted by molar-refractivity contribution is 5.99. The zero-order valence-corrected chi connectivity index (χ0v) is 9.90. The average molecular weight is 232 g/mol. The van der Waals surface area contributed by atoms with Crippen LogP contribution in [0.15, 0.2) is 18.8 Å². The van der Waals surface area contributed by atoms with Crippen molar-refractivity contribution in [1.29, 1.82) is 0 Å². The van der Waals surface area contributed by atoms with Crippen molar-refractivity contribution < 1.29 is 9.59 Å². The largest absolute Gasteiger partial charge is 0.335 e. The van der Waals surface area contributed by atoms with E-state index in [-0.39, 0.29) is 17.9 Å². The normalized spacial score (nSPS) is 20.2. The summed E-state index contributed by atoms with van der Waals surface area (Å²) < 4.78 is 1.91. The Morgan fingerprint density at radius 1 is 1.59 bits per heavy atom. The minimum absolute atomic E-state index is 0.186. The van der Waals surface area contributed by atoms with E-state index in [0.717, 1.165) is 12.1 Å². The zero-order valence-electron chi connectivity index (χ0n) is 9.90. The van der Waals surface area contributed by atoms with Crippen molar-refractivity contribution in [2.45, 2.75) is 32.2 Å². The van der Waals surface area contributed by atoms with E-state index >= 15 is 0 Å². The molecule has 0 saturated carbocycles. The fourth-order valence-corrected chi connectivity index (χ4v) is 2.26. The molecule has 1 N–H and O–H groups in total. The van der Waals surface area contributed by atoms with E-state index in [4.69, 9.17) is 0 Å². The molecule has 1 unspecified atom stereocenters. The van der Waals surface area contributed by atoms with E-state index in [0.29, 0.717) is 12.8 Å². The maximum absolute atomic E-state index is 11.8. The number of amides is 2. The number of nitrogens with one attached hydrogen (secondary N) is 1. The molecule has 0 radical (unpaired) electrons. The molecule has 0 aliphatic carbocycles. The Hall–Kier alpha value is -1.84. The SMILES string of the molecule is C=Cc1c(CC)ccn1C1CCC(=O)NC1=O. The van der Waals surface area contributed by atoms with Crippen LogP contribution in [0, 0.1) is 0 Å². The molecule has 90 valence electrons. The van der Waals surface area contributed by atoms with Crippen LogP contribution in [0.2, 0.25) is 0 Å². The first-order valence-corrected chi connectivity index (χ1v) is 5.83. The van der Waals surface area contributed by atoms with Crippen LogP contribution in [-0.2, 0) is 16.0 Å². The number of carbonyl (C=O) groups is 2. The first kappa shape index (κ1) is 11.6. The Morgan fingerprint density at radius 3 is 2.94 bits per heavy atom. The second kappa shape index (κ2) is 4.57. The van der Waals surface area contributed by atoms with Gasteiger partial charge in [-0.2, -0.15) is 0 Å². The smallest absolute Gasteiger partial charge is 0.249 e. The summed E-state index contributed by atoms with van der Waals surface area (Å²) >= 11 is 0. The van der Waals surface area contributed by atoms with Gasteiger partial charge in [-0.25, -0.2) is 0 Å². The van der Waals surface area contributed by atoms with E-state index in [2.05, 4.69) is 18.8 Å². The van der Waals surface area contributed by atoms with Crippen LogP contribution in [0.25, 0.3) is 6.08 Å². The molecule has 1 saturated heterocycles. The van der Waals surface area contributed by atoms with E-state index in [1.165, 1.54) is 5.56 Å². The molecule has 1 atom stereocenters. The third-order valence-corrected chi connectivity index (χ3v) is 3.16. The molecule has 4 heteroatoms. The van der Waals surface area contributed by atoms with Gasteiger partial charge in [0, 0.05) is 18.3 Å². The van der Waals surface area contributed by atoms with E-state index in [1.54, 1.807) is 6.08 Å². The Labute approximate surface area is 100 Å². The van der Waals surface area contributed by atoms with Gasteiger partial charge in [0.05, 0.1) is 0 Å². The van der Waals surface area contributed by atoms with Crippen LogP contribution >= 0.6 is 0 Å². The number of imide groups is 1. The van der Waals surface area contributed by atoms with Crippen LogP contribution < -0.4 is 5.32 Å². The lowest BCUT2D eigenvalue weighted by molar-refractivity contribution is -0.135. The summed E-state index contributed by atoms with van der Waals surface area (Å²) in [7, 11) is 0. The highest BCUT2D eigenvalue weighted by Crippen LogP contribution is 2.24. The summed E-state index contributed by atoms with van der Waals surface area (Å²) in [5.74, 6) is -0.406. The second-order valence-corrected chi connectivity index (χ2v) is 4.16. The van der Waals surface area contributed by atoms with Crippen LogP contribution in [0.4, 0.5) is 0 Å². The number of carbonyl (C=O) groups excluding carboxylic acids is 2. The molecule has 1 fully saturated rings. The lowest BCUT2D eigenvalue weighted by Gasteiger charge is -2.23. The number of nitrogens with zero attached hydrogens (tertiary/aromatic N) is 1. The summed E-state index contributed by atoms with van der Waals surface area (Å²) in [6, 6.07) is 1.71. The lowest BCUT2D eigenvalue weighted by Crippen LogP contribution is -2.41. The third kappa shape index (κ3) is 2.02. The van der Waals surface area contributed by atoms with Crippen molar-refractivity contribution in [2.24, 2.45) is 0 Å². The first-order valence-electron chi connectivity index (χ1n) is 5.83. The highest BCUT2D eigenvalue weighted by Gasteiger charge is 2.28. The number of rotatable bonds is 3. The molecule has 0 bridgehead atoms. The van der Waals surface area contributed by atoms with E-state index in [1.807, 2.05) is 16.8 Å². The fourth-order valence-electron chi connectivity index (χ4n) is 2.26. The molecular formula is C13H16N2O2. The highest BCUT2D eigenvalue weighted by atomic mass is 16.2. The van der Waals surface area contributed by atoms with Crippen molar-refractivity contribution >= 4 is 17.9 Å². The summed E-state index contributed by atoms with van der Waals surface area (Å²) in [6.45, 7) is 5.85. The minimum Gasteiger partial charge on any atom is -0.335 e. The zero-order chi connectivity index (χ0) is 12.4. The topological polar surface area (TPSA) is 51.1 Å². The number of aromatic nitrogens is 1. The van der Waals surface area contributed by atoms with Crippen LogP contribution in [0.3, 0.4) is 0 Å². The van der Waals surface area contributed by atoms with Gasteiger partial charge in [0.1, 0.15) is 6.04 Å². The molecule has 4 nitrogen and oxygen atoms in total. The molecule has 2 heterocycles. The maximum atomic E-state index is 11.8. The molecule has 0 aromatic carbocycles. The standard InChI is InChI=1S/C13H16N2O2/c1-3-9-7-8-15(10(9)4-2)11-5-6-12(16)14-13(11)17/h4,7-8,11H,2-3,5-6H2,1H3,(H,14,16,17). The van der Waals surface area contributed by atoms with Gasteiger partial charge in [-0.1, -0.05) is 13.5 Å². The second-order valence-electron chi connectivity index (χ2n) is 4.16. The Morgan fingerprint density at radius 2 is 2.35 bits per heavy atom. The molecule has 2 amide bonds. The summed E-state index contributed by atoms with van der Waals surface area (Å²) in [6.07, 6.45) is 5.52. The van der Waals surface area contributed by atoms with Crippen LogP contribution in [-0.4, -0.2) is 16.4 Å². The molecule has 1 aliphatic rings. The van der Waals surface area contributed by atoms with Crippen molar-refractivity contribution in [3.63, 3.8) is 0 Å². The molecule has 1 aromatic rings. The number of hydrogen-bond donors (Lipinski definition) is 1. The maximum Gasteiger partial charge on any atom is 0.249 e.